The SMILES string of the molecule is CCN(CCC1CSCCN1)c1cccc2ccccc12. The molecule has 1 atom stereocenters. The van der Waals surface area contributed by atoms with Crippen LogP contribution in [-0.4, -0.2) is 37.2 Å². The Balaban J connectivity index is 1.75. The van der Waals surface area contributed by atoms with E-state index in [9.17, 15) is 0 Å². The van der Waals surface area contributed by atoms with E-state index in [4.69, 9.17) is 0 Å². The van der Waals surface area contributed by atoms with Gasteiger partial charge < -0.3 is 10.2 Å². The van der Waals surface area contributed by atoms with Crippen molar-refractivity contribution in [3.63, 3.8) is 0 Å². The zero-order chi connectivity index (χ0) is 14.5. The van der Waals surface area contributed by atoms with E-state index in [-0.39, 0.29) is 0 Å². The third-order valence-corrected chi connectivity index (χ3v) is 5.37. The van der Waals surface area contributed by atoms with Crippen LogP contribution < -0.4 is 10.2 Å². The first kappa shape index (κ1) is 14.7. The van der Waals surface area contributed by atoms with E-state index in [1.807, 2.05) is 0 Å². The molecule has 1 fully saturated rings. The summed E-state index contributed by atoms with van der Waals surface area (Å²) in [7, 11) is 0. The molecule has 21 heavy (non-hydrogen) atoms. The topological polar surface area (TPSA) is 15.3 Å². The molecule has 0 spiro atoms. The Morgan fingerprint density at radius 3 is 2.86 bits per heavy atom. The van der Waals surface area contributed by atoms with Gasteiger partial charge in [0.05, 0.1) is 0 Å². The second-order valence-electron chi connectivity index (χ2n) is 5.59. The number of thioether (sulfide) groups is 1. The Hall–Kier alpha value is -1.19. The maximum absolute atomic E-state index is 3.64. The van der Waals surface area contributed by atoms with Crippen molar-refractivity contribution in [3.8, 4) is 0 Å². The summed E-state index contributed by atoms with van der Waals surface area (Å²) in [6, 6.07) is 16.0. The Morgan fingerprint density at radius 1 is 1.19 bits per heavy atom. The fraction of sp³-hybridized carbons (Fsp3) is 0.444. The summed E-state index contributed by atoms with van der Waals surface area (Å²) in [5.74, 6) is 2.52. The number of nitrogens with one attached hydrogen (secondary N) is 1. The first-order chi connectivity index (χ1) is 10.4. The monoisotopic (exact) mass is 300 g/mol. The van der Waals surface area contributed by atoms with E-state index in [1.54, 1.807) is 0 Å². The normalized spacial score (nSPS) is 18.8. The lowest BCUT2D eigenvalue weighted by molar-refractivity contribution is 0.526. The van der Waals surface area contributed by atoms with Crippen LogP contribution in [0.15, 0.2) is 42.5 Å². The van der Waals surface area contributed by atoms with Crippen LogP contribution in [0.2, 0.25) is 0 Å². The molecule has 0 saturated carbocycles. The first-order valence-corrected chi connectivity index (χ1v) is 9.08. The lowest BCUT2D eigenvalue weighted by atomic mass is 10.1. The van der Waals surface area contributed by atoms with E-state index in [1.165, 1.54) is 34.4 Å². The third-order valence-electron chi connectivity index (χ3n) is 4.23. The summed E-state index contributed by atoms with van der Waals surface area (Å²) in [6.45, 7) is 5.61. The van der Waals surface area contributed by atoms with Crippen LogP contribution in [0, 0.1) is 0 Å². The molecule has 0 bridgehead atoms. The van der Waals surface area contributed by atoms with Crippen LogP contribution in [0.3, 0.4) is 0 Å². The minimum Gasteiger partial charge on any atom is -0.371 e. The number of benzene rings is 2. The van der Waals surface area contributed by atoms with Crippen molar-refractivity contribution in [2.24, 2.45) is 0 Å². The van der Waals surface area contributed by atoms with E-state index < -0.39 is 0 Å². The molecule has 1 aliphatic rings. The summed E-state index contributed by atoms with van der Waals surface area (Å²) < 4.78 is 0. The maximum Gasteiger partial charge on any atom is 0.0445 e. The molecule has 0 radical (unpaired) electrons. The fourth-order valence-electron chi connectivity index (χ4n) is 3.05. The number of hydrogen-bond donors (Lipinski definition) is 1. The van der Waals surface area contributed by atoms with Crippen molar-refractivity contribution in [3.05, 3.63) is 42.5 Å². The van der Waals surface area contributed by atoms with E-state index >= 15 is 0 Å². The second-order valence-corrected chi connectivity index (χ2v) is 6.74. The molecular weight excluding hydrogens is 276 g/mol. The molecule has 0 aliphatic carbocycles. The molecule has 3 heteroatoms. The van der Waals surface area contributed by atoms with E-state index in [0.29, 0.717) is 6.04 Å². The number of fused-ring (bicyclic) bond motifs is 1. The summed E-state index contributed by atoms with van der Waals surface area (Å²) >= 11 is 2.08. The van der Waals surface area contributed by atoms with Gasteiger partial charge in [-0.15, -0.1) is 0 Å². The van der Waals surface area contributed by atoms with E-state index in [2.05, 4.69) is 71.4 Å². The van der Waals surface area contributed by atoms with Gasteiger partial charge in [-0.2, -0.15) is 11.8 Å². The van der Waals surface area contributed by atoms with Crippen LogP contribution in [0.25, 0.3) is 10.8 Å². The predicted octanol–water partition coefficient (Wildman–Crippen LogP) is 3.76. The minimum absolute atomic E-state index is 0.674. The predicted molar refractivity (Wildman–Crippen MR) is 95.6 cm³/mol. The molecular formula is C18H24N2S. The lowest BCUT2D eigenvalue weighted by Gasteiger charge is -2.29. The molecule has 1 heterocycles. The van der Waals surface area contributed by atoms with Gasteiger partial charge in [0, 0.05) is 48.3 Å². The molecule has 2 aromatic carbocycles. The largest absolute Gasteiger partial charge is 0.371 e. The van der Waals surface area contributed by atoms with Crippen molar-refractivity contribution < 1.29 is 0 Å². The van der Waals surface area contributed by atoms with E-state index in [0.717, 1.165) is 19.6 Å². The standard InChI is InChI=1S/C18H24N2S/c1-2-20(12-10-16-14-21-13-11-19-16)18-9-5-7-15-6-3-4-8-17(15)18/h3-9,16,19H,2,10-14H2,1H3. The van der Waals surface area contributed by atoms with Gasteiger partial charge in [0.1, 0.15) is 0 Å². The minimum atomic E-state index is 0.674. The van der Waals surface area contributed by atoms with Crippen molar-refractivity contribution in [2.45, 2.75) is 19.4 Å². The van der Waals surface area contributed by atoms with Crippen molar-refractivity contribution >= 4 is 28.2 Å². The maximum atomic E-state index is 3.64. The number of nitrogens with zero attached hydrogens (tertiary/aromatic N) is 1. The zero-order valence-electron chi connectivity index (χ0n) is 12.7. The number of hydrogen-bond acceptors (Lipinski definition) is 3. The Bertz CT molecular complexity index is 573. The van der Waals surface area contributed by atoms with Gasteiger partial charge in [0.15, 0.2) is 0 Å². The van der Waals surface area contributed by atoms with Crippen molar-refractivity contribution in [2.75, 3.05) is 36.0 Å². The molecule has 1 unspecified atom stereocenters. The van der Waals surface area contributed by atoms with Gasteiger partial charge in [-0.3, -0.25) is 0 Å². The number of rotatable bonds is 5. The molecule has 1 saturated heterocycles. The molecule has 112 valence electrons. The Morgan fingerprint density at radius 2 is 2.05 bits per heavy atom. The third kappa shape index (κ3) is 3.53. The highest BCUT2D eigenvalue weighted by Crippen LogP contribution is 2.27. The zero-order valence-corrected chi connectivity index (χ0v) is 13.5. The highest BCUT2D eigenvalue weighted by atomic mass is 32.2. The van der Waals surface area contributed by atoms with Crippen LogP contribution in [-0.2, 0) is 0 Å². The quantitative estimate of drug-likeness (QED) is 0.905. The smallest absolute Gasteiger partial charge is 0.0445 e. The van der Waals surface area contributed by atoms with Crippen LogP contribution in [0.1, 0.15) is 13.3 Å². The second kappa shape index (κ2) is 7.19. The van der Waals surface area contributed by atoms with Gasteiger partial charge in [0.25, 0.3) is 0 Å². The Kier molecular flexibility index (Phi) is 5.04. The molecule has 2 aromatic rings. The Labute approximate surface area is 131 Å². The molecule has 1 N–H and O–H groups in total. The average Bonchev–Trinajstić information content (AvgIpc) is 2.56. The average molecular weight is 300 g/mol. The summed E-state index contributed by atoms with van der Waals surface area (Å²) in [6.07, 6.45) is 1.23. The van der Waals surface area contributed by atoms with Crippen molar-refractivity contribution in [1.29, 1.82) is 0 Å². The highest BCUT2D eigenvalue weighted by molar-refractivity contribution is 7.99. The molecule has 1 aliphatic heterocycles. The first-order valence-electron chi connectivity index (χ1n) is 7.92. The fourth-order valence-corrected chi connectivity index (χ4v) is 4.05. The van der Waals surface area contributed by atoms with Gasteiger partial charge >= 0.3 is 0 Å². The lowest BCUT2D eigenvalue weighted by Crippen LogP contribution is -2.40. The molecule has 2 nitrogen and oxygen atoms in total. The summed E-state index contributed by atoms with van der Waals surface area (Å²) in [4.78, 5) is 2.52. The molecule has 0 amide bonds. The van der Waals surface area contributed by atoms with Gasteiger partial charge in [0.2, 0.25) is 0 Å². The van der Waals surface area contributed by atoms with Gasteiger partial charge in [-0.25, -0.2) is 0 Å². The van der Waals surface area contributed by atoms with Gasteiger partial charge in [-0.1, -0.05) is 36.4 Å². The van der Waals surface area contributed by atoms with Crippen molar-refractivity contribution in [1.82, 2.24) is 5.32 Å². The number of anilines is 1. The molecule has 0 aromatic heterocycles. The van der Waals surface area contributed by atoms with Crippen LogP contribution in [0.4, 0.5) is 5.69 Å². The summed E-state index contributed by atoms with van der Waals surface area (Å²) in [5.41, 5.74) is 1.37. The molecule has 3 rings (SSSR count). The summed E-state index contributed by atoms with van der Waals surface area (Å²) in [5, 5.41) is 6.34. The van der Waals surface area contributed by atoms with Crippen LogP contribution in [0.5, 0.6) is 0 Å². The highest BCUT2D eigenvalue weighted by Gasteiger charge is 2.15. The van der Waals surface area contributed by atoms with Crippen LogP contribution >= 0.6 is 11.8 Å². The van der Waals surface area contributed by atoms with Gasteiger partial charge in [-0.05, 0) is 24.8 Å².